The van der Waals surface area contributed by atoms with E-state index in [-0.39, 0.29) is 11.5 Å². The highest BCUT2D eigenvalue weighted by Gasteiger charge is 2.58. The molecule has 0 saturated carbocycles. The molecule has 0 aromatic carbocycles. The van der Waals surface area contributed by atoms with Gasteiger partial charge in [-0.05, 0) is 12.1 Å². The molecule has 4 nitrogen and oxygen atoms in total. The molecule has 0 bridgehead atoms. The summed E-state index contributed by atoms with van der Waals surface area (Å²) >= 11 is 0. The van der Waals surface area contributed by atoms with Crippen molar-refractivity contribution in [3.8, 4) is 0 Å². The van der Waals surface area contributed by atoms with Crippen molar-refractivity contribution in [3.05, 3.63) is 30.2 Å². The van der Waals surface area contributed by atoms with Crippen molar-refractivity contribution >= 4 is 5.70 Å². The minimum absolute atomic E-state index is 0.0762. The second-order valence-corrected chi connectivity index (χ2v) is 3.43. The first-order valence-electron chi connectivity index (χ1n) is 4.41. The molecule has 7 heteroatoms. The maximum absolute atomic E-state index is 12.6. The van der Waals surface area contributed by atoms with Crippen LogP contribution in [0.4, 0.5) is 13.2 Å². The molecule has 88 valence electrons. The van der Waals surface area contributed by atoms with Crippen LogP contribution in [-0.4, -0.2) is 29.1 Å². The Balaban J connectivity index is 2.38. The summed E-state index contributed by atoms with van der Waals surface area (Å²) in [6.45, 7) is 0. The molecule has 1 aromatic rings. The van der Waals surface area contributed by atoms with E-state index in [4.69, 9.17) is 4.42 Å². The first-order chi connectivity index (χ1) is 7.34. The summed E-state index contributed by atoms with van der Waals surface area (Å²) in [5, 5.41) is 10.1. The van der Waals surface area contributed by atoms with Crippen LogP contribution in [-0.2, 0) is 0 Å². The van der Waals surface area contributed by atoms with Crippen LogP contribution in [0.3, 0.4) is 0 Å². The number of aliphatic hydroxyl groups is 1. The lowest BCUT2D eigenvalue weighted by Gasteiger charge is -2.30. The average molecular weight is 234 g/mol. The Hall–Kier alpha value is -1.47. The van der Waals surface area contributed by atoms with Gasteiger partial charge in [0.15, 0.2) is 5.76 Å². The van der Waals surface area contributed by atoms with Gasteiger partial charge in [0.1, 0.15) is 0 Å². The molecule has 0 saturated heterocycles. The van der Waals surface area contributed by atoms with Crippen molar-refractivity contribution in [3.63, 3.8) is 0 Å². The number of nitrogens with zero attached hydrogens (tertiary/aromatic N) is 1. The Morgan fingerprint density at radius 3 is 2.62 bits per heavy atom. The molecule has 0 aliphatic carbocycles. The second kappa shape index (κ2) is 3.26. The third-order valence-electron chi connectivity index (χ3n) is 2.35. The van der Waals surface area contributed by atoms with Gasteiger partial charge in [-0.25, -0.2) is 0 Å². The summed E-state index contributed by atoms with van der Waals surface area (Å²) in [7, 11) is 1.10. The second-order valence-electron chi connectivity index (χ2n) is 3.43. The van der Waals surface area contributed by atoms with Crippen LogP contribution in [0.2, 0.25) is 0 Å². The Labute approximate surface area is 88.9 Å². The Kier molecular flexibility index (Phi) is 2.25. The van der Waals surface area contributed by atoms with E-state index in [0.717, 1.165) is 7.05 Å². The lowest BCUT2D eigenvalue weighted by atomic mass is 10.2. The van der Waals surface area contributed by atoms with Gasteiger partial charge in [-0.2, -0.15) is 18.2 Å². The number of hydrogen-bond acceptors (Lipinski definition) is 4. The topological polar surface area (TPSA) is 48.6 Å². The van der Waals surface area contributed by atoms with Gasteiger partial charge in [0.05, 0.1) is 12.0 Å². The Morgan fingerprint density at radius 2 is 2.19 bits per heavy atom. The summed E-state index contributed by atoms with van der Waals surface area (Å²) in [5.41, 5.74) is -0.558. The van der Waals surface area contributed by atoms with E-state index < -0.39 is 11.9 Å². The maximum Gasteiger partial charge on any atom is 0.436 e. The van der Waals surface area contributed by atoms with E-state index in [9.17, 15) is 18.3 Å². The summed E-state index contributed by atoms with van der Waals surface area (Å²) in [6, 6.07) is 3.04. The molecule has 16 heavy (non-hydrogen) atoms. The number of nitrogens with one attached hydrogen (secondary N) is 1. The van der Waals surface area contributed by atoms with Gasteiger partial charge in [0, 0.05) is 13.1 Å². The highest BCUT2D eigenvalue weighted by molar-refractivity contribution is 5.62. The van der Waals surface area contributed by atoms with Gasteiger partial charge in [-0.3, -0.25) is 0 Å². The van der Waals surface area contributed by atoms with Crippen LogP contribution in [0.25, 0.3) is 5.70 Å². The Morgan fingerprint density at radius 1 is 1.50 bits per heavy atom. The van der Waals surface area contributed by atoms with Crippen LogP contribution in [0, 0.1) is 0 Å². The number of halogens is 3. The average Bonchev–Trinajstić information content (AvgIpc) is 2.74. The fraction of sp³-hybridized carbons (Fsp3) is 0.333. The number of alkyl halides is 3. The number of furan rings is 1. The predicted molar refractivity (Wildman–Crippen MR) is 48.6 cm³/mol. The van der Waals surface area contributed by atoms with E-state index in [1.807, 2.05) is 0 Å². The van der Waals surface area contributed by atoms with Gasteiger partial charge < -0.3 is 14.9 Å². The van der Waals surface area contributed by atoms with Crippen molar-refractivity contribution in [1.29, 1.82) is 0 Å². The monoisotopic (exact) mass is 234 g/mol. The molecule has 0 fully saturated rings. The molecule has 1 atom stereocenters. The normalized spacial score (nSPS) is 26.7. The quantitative estimate of drug-likeness (QED) is 0.769. The molecule has 1 unspecified atom stereocenters. The lowest BCUT2D eigenvalue weighted by Crippen LogP contribution is -2.56. The van der Waals surface area contributed by atoms with E-state index in [1.54, 1.807) is 6.07 Å². The van der Waals surface area contributed by atoms with E-state index in [2.05, 4.69) is 5.43 Å². The van der Waals surface area contributed by atoms with Gasteiger partial charge in [-0.1, -0.05) is 0 Å². The number of hydrogen-bond donors (Lipinski definition) is 2. The van der Waals surface area contributed by atoms with Gasteiger partial charge in [0.2, 0.25) is 0 Å². The largest absolute Gasteiger partial charge is 0.463 e. The van der Waals surface area contributed by atoms with E-state index in [0.29, 0.717) is 11.1 Å². The number of rotatable bonds is 1. The SMILES string of the molecule is CN1NC(c2ccco2)=CC1(O)C(F)(F)F. The molecule has 1 aromatic heterocycles. The fourth-order valence-electron chi connectivity index (χ4n) is 1.43. The van der Waals surface area contributed by atoms with Gasteiger partial charge in [0.25, 0.3) is 5.72 Å². The van der Waals surface area contributed by atoms with E-state index in [1.165, 1.54) is 12.3 Å². The Bertz CT molecular complexity index is 413. The third kappa shape index (κ3) is 1.48. The fourth-order valence-corrected chi connectivity index (χ4v) is 1.43. The molecule has 0 spiro atoms. The smallest absolute Gasteiger partial charge is 0.436 e. The first kappa shape index (κ1) is 11.0. The highest BCUT2D eigenvalue weighted by atomic mass is 19.4. The van der Waals surface area contributed by atoms with Crippen molar-refractivity contribution < 1.29 is 22.7 Å². The lowest BCUT2D eigenvalue weighted by molar-refractivity contribution is -0.289. The van der Waals surface area contributed by atoms with Crippen molar-refractivity contribution in [1.82, 2.24) is 10.4 Å². The summed E-state index contributed by atoms with van der Waals surface area (Å²) in [5.74, 6) is 0.229. The zero-order valence-electron chi connectivity index (χ0n) is 8.25. The zero-order chi connectivity index (χ0) is 12.0. The molecule has 1 aliphatic heterocycles. The summed E-state index contributed by atoms with van der Waals surface area (Å²) in [4.78, 5) is 0. The van der Waals surface area contributed by atoms with E-state index >= 15 is 0 Å². The molecule has 2 rings (SSSR count). The molecule has 0 radical (unpaired) electrons. The molecule has 1 aliphatic rings. The van der Waals surface area contributed by atoms with Crippen LogP contribution in [0.1, 0.15) is 5.76 Å². The third-order valence-corrected chi connectivity index (χ3v) is 2.35. The van der Waals surface area contributed by atoms with Crippen LogP contribution in [0.15, 0.2) is 28.9 Å². The van der Waals surface area contributed by atoms with Crippen molar-refractivity contribution in [2.75, 3.05) is 7.05 Å². The van der Waals surface area contributed by atoms with Crippen LogP contribution < -0.4 is 5.43 Å². The van der Waals surface area contributed by atoms with Crippen LogP contribution >= 0.6 is 0 Å². The molecule has 0 amide bonds. The van der Waals surface area contributed by atoms with Crippen LogP contribution in [0.5, 0.6) is 0 Å². The highest BCUT2D eigenvalue weighted by Crippen LogP contribution is 2.38. The predicted octanol–water partition coefficient (Wildman–Crippen LogP) is 1.32. The summed E-state index contributed by atoms with van der Waals surface area (Å²) in [6.07, 6.45) is -2.78. The molecular formula is C9H9F3N2O2. The minimum Gasteiger partial charge on any atom is -0.463 e. The maximum atomic E-state index is 12.6. The molecule has 2 heterocycles. The first-order valence-corrected chi connectivity index (χ1v) is 4.41. The number of likely N-dealkylation sites (N-methyl/N-ethyl adjacent to an activating group) is 1. The number of hydrazine groups is 1. The van der Waals surface area contributed by atoms with Gasteiger partial charge >= 0.3 is 6.18 Å². The summed E-state index contributed by atoms with van der Waals surface area (Å²) < 4.78 is 42.7. The minimum atomic E-state index is -4.79. The zero-order valence-corrected chi connectivity index (χ0v) is 8.25. The van der Waals surface area contributed by atoms with Gasteiger partial charge in [-0.15, -0.1) is 0 Å². The molecular weight excluding hydrogens is 225 g/mol. The standard InChI is InChI=1S/C9H9F3N2O2/c1-14-8(15,9(10,11)12)5-6(13-14)7-3-2-4-16-7/h2-5,13,15H,1H3. The van der Waals surface area contributed by atoms with Crippen molar-refractivity contribution in [2.45, 2.75) is 11.9 Å². The molecule has 2 N–H and O–H groups in total. The van der Waals surface area contributed by atoms with Crippen molar-refractivity contribution in [2.24, 2.45) is 0 Å².